The predicted molar refractivity (Wildman–Crippen MR) is 102 cm³/mol. The van der Waals surface area contributed by atoms with Crippen molar-refractivity contribution < 1.29 is 18.1 Å². The first-order valence-corrected chi connectivity index (χ1v) is 10.9. The van der Waals surface area contributed by atoms with Crippen molar-refractivity contribution in [3.8, 4) is 0 Å². The monoisotopic (exact) mass is 397 g/mol. The Kier molecular flexibility index (Phi) is 6.02. The van der Waals surface area contributed by atoms with Crippen LogP contribution in [0.5, 0.6) is 0 Å². The summed E-state index contributed by atoms with van der Waals surface area (Å²) in [7, 11) is -3.74. The van der Waals surface area contributed by atoms with Gasteiger partial charge in [-0.25, -0.2) is 8.42 Å². The summed E-state index contributed by atoms with van der Waals surface area (Å²) in [5.74, 6) is 0.289. The summed E-state index contributed by atoms with van der Waals surface area (Å²) in [4.78, 5) is 11.0. The highest BCUT2D eigenvalue weighted by atomic mass is 32.2. The average Bonchev–Trinajstić information content (AvgIpc) is 3.16. The number of nitro groups is 1. The number of sulfonamides is 1. The summed E-state index contributed by atoms with van der Waals surface area (Å²) >= 11 is 0. The number of nitro benzene ring substituents is 1. The van der Waals surface area contributed by atoms with Crippen LogP contribution >= 0.6 is 0 Å². The molecule has 0 spiro atoms. The minimum Gasteiger partial charge on any atom is -0.376 e. The molecule has 1 aromatic carbocycles. The van der Waals surface area contributed by atoms with Crippen molar-refractivity contribution in [1.29, 1.82) is 0 Å². The maximum atomic E-state index is 12.9. The van der Waals surface area contributed by atoms with E-state index in [9.17, 15) is 18.5 Å². The molecule has 0 aromatic heterocycles. The van der Waals surface area contributed by atoms with Gasteiger partial charge >= 0.3 is 0 Å². The molecule has 2 heterocycles. The van der Waals surface area contributed by atoms with E-state index in [1.54, 1.807) is 0 Å². The van der Waals surface area contributed by atoms with Gasteiger partial charge in [-0.2, -0.15) is 4.31 Å². The molecule has 0 radical (unpaired) electrons. The van der Waals surface area contributed by atoms with E-state index in [2.05, 4.69) is 5.32 Å². The van der Waals surface area contributed by atoms with Crippen molar-refractivity contribution in [3.05, 3.63) is 28.3 Å². The van der Waals surface area contributed by atoms with Crippen molar-refractivity contribution in [1.82, 2.24) is 4.31 Å². The van der Waals surface area contributed by atoms with Crippen LogP contribution in [-0.4, -0.2) is 49.5 Å². The lowest BCUT2D eigenvalue weighted by Crippen LogP contribution is -2.39. The minimum atomic E-state index is -3.74. The molecule has 0 amide bonds. The Morgan fingerprint density at radius 1 is 1.33 bits per heavy atom. The van der Waals surface area contributed by atoms with Crippen LogP contribution in [0.3, 0.4) is 0 Å². The average molecular weight is 397 g/mol. The van der Waals surface area contributed by atoms with Gasteiger partial charge in [0.05, 0.1) is 15.9 Å². The first kappa shape index (κ1) is 20.0. The topological polar surface area (TPSA) is 102 Å². The number of ether oxygens (including phenoxy) is 1. The molecule has 2 saturated heterocycles. The van der Waals surface area contributed by atoms with Gasteiger partial charge in [-0.1, -0.05) is 6.92 Å². The quantitative estimate of drug-likeness (QED) is 0.585. The van der Waals surface area contributed by atoms with Crippen molar-refractivity contribution in [3.63, 3.8) is 0 Å². The maximum Gasteiger partial charge on any atom is 0.293 e. The first-order valence-electron chi connectivity index (χ1n) is 9.46. The molecule has 0 aliphatic carbocycles. The molecule has 1 N–H and O–H groups in total. The van der Waals surface area contributed by atoms with Crippen LogP contribution < -0.4 is 5.32 Å². The van der Waals surface area contributed by atoms with Gasteiger partial charge in [0, 0.05) is 31.8 Å². The van der Waals surface area contributed by atoms with E-state index in [0.29, 0.717) is 25.4 Å². The Morgan fingerprint density at radius 3 is 2.74 bits per heavy atom. The summed E-state index contributed by atoms with van der Waals surface area (Å²) in [6.07, 6.45) is 3.69. The van der Waals surface area contributed by atoms with Crippen LogP contribution in [0.1, 0.15) is 39.5 Å². The lowest BCUT2D eigenvalue weighted by Gasteiger charge is -2.30. The highest BCUT2D eigenvalue weighted by Gasteiger charge is 2.31. The third-order valence-electron chi connectivity index (χ3n) is 5.33. The van der Waals surface area contributed by atoms with Crippen molar-refractivity contribution >= 4 is 21.4 Å². The zero-order chi connectivity index (χ0) is 19.6. The zero-order valence-electron chi connectivity index (χ0n) is 15.8. The summed E-state index contributed by atoms with van der Waals surface area (Å²) in [6, 6.07) is 4.01. The Morgan fingerprint density at radius 2 is 2.11 bits per heavy atom. The van der Waals surface area contributed by atoms with E-state index in [0.717, 1.165) is 25.7 Å². The van der Waals surface area contributed by atoms with Crippen LogP contribution in [0.25, 0.3) is 0 Å². The molecule has 0 saturated carbocycles. The molecule has 1 aromatic rings. The van der Waals surface area contributed by atoms with E-state index in [4.69, 9.17) is 4.74 Å². The van der Waals surface area contributed by atoms with E-state index in [1.165, 1.54) is 22.5 Å². The van der Waals surface area contributed by atoms with E-state index >= 15 is 0 Å². The van der Waals surface area contributed by atoms with Crippen molar-refractivity contribution in [2.75, 3.05) is 25.0 Å². The normalized spacial score (nSPS) is 25.3. The van der Waals surface area contributed by atoms with Gasteiger partial charge in [-0.3, -0.25) is 10.1 Å². The first-order chi connectivity index (χ1) is 12.8. The van der Waals surface area contributed by atoms with Crippen molar-refractivity contribution in [2.45, 2.75) is 56.6 Å². The fraction of sp³-hybridized carbons (Fsp3) is 0.667. The highest BCUT2D eigenvalue weighted by Crippen LogP contribution is 2.32. The Labute approximate surface area is 160 Å². The molecule has 9 heteroatoms. The second-order valence-corrected chi connectivity index (χ2v) is 9.47. The van der Waals surface area contributed by atoms with Crippen LogP contribution in [0, 0.1) is 16.0 Å². The van der Waals surface area contributed by atoms with Crippen LogP contribution in [0.2, 0.25) is 0 Å². The largest absolute Gasteiger partial charge is 0.376 e. The summed E-state index contributed by atoms with van der Waals surface area (Å²) < 4.78 is 32.9. The fourth-order valence-corrected chi connectivity index (χ4v) is 5.41. The molecular formula is C18H27N3O5S. The maximum absolute atomic E-state index is 12.9. The second-order valence-electron chi connectivity index (χ2n) is 7.53. The summed E-state index contributed by atoms with van der Waals surface area (Å²) in [5, 5.41) is 14.7. The van der Waals surface area contributed by atoms with Gasteiger partial charge in [0.15, 0.2) is 0 Å². The molecule has 3 atom stereocenters. The number of nitrogens with one attached hydrogen (secondary N) is 1. The number of hydrogen-bond donors (Lipinski definition) is 1. The summed E-state index contributed by atoms with van der Waals surface area (Å²) in [6.45, 7) is 5.54. The lowest BCUT2D eigenvalue weighted by atomic mass is 10.0. The Balaban J connectivity index is 1.85. The number of rotatable bonds is 6. The molecule has 0 unspecified atom stereocenters. The predicted octanol–water partition coefficient (Wildman–Crippen LogP) is 2.99. The molecule has 0 bridgehead atoms. The smallest absolute Gasteiger partial charge is 0.293 e. The number of benzene rings is 1. The molecule has 27 heavy (non-hydrogen) atoms. The third-order valence-corrected chi connectivity index (χ3v) is 7.19. The fourth-order valence-electron chi connectivity index (χ4n) is 3.79. The molecule has 2 aliphatic rings. The number of hydrogen-bond acceptors (Lipinski definition) is 6. The van der Waals surface area contributed by atoms with Gasteiger partial charge in [0.2, 0.25) is 10.0 Å². The van der Waals surface area contributed by atoms with E-state index in [1.807, 2.05) is 13.8 Å². The van der Waals surface area contributed by atoms with Gasteiger partial charge in [0.1, 0.15) is 5.69 Å². The van der Waals surface area contributed by atoms with Gasteiger partial charge in [-0.15, -0.1) is 0 Å². The lowest BCUT2D eigenvalue weighted by molar-refractivity contribution is -0.384. The van der Waals surface area contributed by atoms with Gasteiger partial charge in [-0.05, 0) is 50.7 Å². The summed E-state index contributed by atoms with van der Waals surface area (Å²) in [5.41, 5.74) is 0.0833. The standard InChI is InChI=1S/C18H27N3O5S/c1-13-5-3-9-20(12-13)27(24,25)15-7-8-16(17(11-15)21(22)23)19-14(2)18-6-4-10-26-18/h7-8,11,13-14,18-19H,3-6,9-10,12H2,1-2H3/t13-,14-,18+/m1/s1. The van der Waals surface area contributed by atoms with Gasteiger partial charge < -0.3 is 10.1 Å². The third kappa shape index (κ3) is 4.41. The van der Waals surface area contributed by atoms with Crippen molar-refractivity contribution in [2.24, 2.45) is 5.92 Å². The SMILES string of the molecule is C[C@@H]1CCCN(S(=O)(=O)c2ccc(N[C@H](C)[C@@H]3CCCO3)c([N+](=O)[O-])c2)C1. The van der Waals surface area contributed by atoms with Crippen LogP contribution in [0.15, 0.2) is 23.1 Å². The van der Waals surface area contributed by atoms with E-state index < -0.39 is 14.9 Å². The molecule has 150 valence electrons. The Bertz CT molecular complexity index is 792. The molecule has 3 rings (SSSR count). The van der Waals surface area contributed by atoms with Crippen LogP contribution in [0.4, 0.5) is 11.4 Å². The molecule has 8 nitrogen and oxygen atoms in total. The minimum absolute atomic E-state index is 0.00264. The number of piperidine rings is 1. The van der Waals surface area contributed by atoms with Crippen LogP contribution in [-0.2, 0) is 14.8 Å². The second kappa shape index (κ2) is 8.12. The Hall–Kier alpha value is -1.71. The molecular weight excluding hydrogens is 370 g/mol. The highest BCUT2D eigenvalue weighted by molar-refractivity contribution is 7.89. The van der Waals surface area contributed by atoms with Gasteiger partial charge in [0.25, 0.3) is 5.69 Å². The number of anilines is 1. The van der Waals surface area contributed by atoms with E-state index in [-0.39, 0.29) is 28.6 Å². The number of nitrogens with zero attached hydrogens (tertiary/aromatic N) is 2. The molecule has 2 aliphatic heterocycles. The molecule has 2 fully saturated rings. The zero-order valence-corrected chi connectivity index (χ0v) is 16.6.